The maximum Gasteiger partial charge on any atom is 0.326 e. The first-order valence-electron chi connectivity index (χ1n) is 6.64. The van der Waals surface area contributed by atoms with Gasteiger partial charge in [-0.25, -0.2) is 4.79 Å². The van der Waals surface area contributed by atoms with Gasteiger partial charge in [-0.15, -0.1) is 10.2 Å². The predicted octanol–water partition coefficient (Wildman–Crippen LogP) is 0.337. The van der Waals surface area contributed by atoms with Crippen LogP contribution >= 0.6 is 23.1 Å². The van der Waals surface area contributed by atoms with Crippen LogP contribution in [0.25, 0.3) is 0 Å². The van der Waals surface area contributed by atoms with Crippen molar-refractivity contribution in [2.45, 2.75) is 23.7 Å². The number of amides is 4. The number of imide groups is 1. The van der Waals surface area contributed by atoms with E-state index in [-0.39, 0.29) is 24.3 Å². The average molecular weight is 343 g/mol. The smallest absolute Gasteiger partial charge is 0.326 e. The molecule has 1 aromatic rings. The van der Waals surface area contributed by atoms with Gasteiger partial charge >= 0.3 is 6.03 Å². The number of rotatable bonds is 6. The van der Waals surface area contributed by atoms with E-state index in [9.17, 15) is 14.4 Å². The molecule has 2 rings (SSSR count). The molecule has 0 saturated carbocycles. The summed E-state index contributed by atoms with van der Waals surface area (Å²) in [6.07, 6.45) is -0.0198. The van der Waals surface area contributed by atoms with Gasteiger partial charge in [0.15, 0.2) is 4.34 Å². The van der Waals surface area contributed by atoms with Crippen LogP contribution < -0.4 is 5.32 Å². The van der Waals surface area contributed by atoms with Crippen LogP contribution in [0.5, 0.6) is 0 Å². The molecule has 0 aromatic carbocycles. The highest BCUT2D eigenvalue weighted by Gasteiger charge is 2.41. The topological polar surface area (TPSA) is 95.5 Å². The molecule has 1 aliphatic rings. The third-order valence-electron chi connectivity index (χ3n) is 3.21. The molecule has 0 aliphatic carbocycles. The van der Waals surface area contributed by atoms with Crippen LogP contribution in [0.2, 0.25) is 0 Å². The van der Waals surface area contributed by atoms with E-state index in [1.165, 1.54) is 42.1 Å². The lowest BCUT2D eigenvalue weighted by atomic mass is 10.2. The highest BCUT2D eigenvalue weighted by Crippen LogP contribution is 2.21. The highest BCUT2D eigenvalue weighted by atomic mass is 32.2. The maximum absolute atomic E-state index is 11.9. The lowest BCUT2D eigenvalue weighted by molar-refractivity contribution is -0.131. The minimum Gasteiger partial charge on any atom is -0.355 e. The monoisotopic (exact) mass is 343 g/mol. The summed E-state index contributed by atoms with van der Waals surface area (Å²) in [5, 5.41) is 11.5. The molecule has 1 saturated heterocycles. The fourth-order valence-electron chi connectivity index (χ4n) is 1.99. The Morgan fingerprint density at radius 3 is 2.64 bits per heavy atom. The molecule has 8 nitrogen and oxygen atoms in total. The molecule has 0 spiro atoms. The van der Waals surface area contributed by atoms with Crippen LogP contribution in [0.4, 0.5) is 4.79 Å². The Balaban J connectivity index is 1.72. The van der Waals surface area contributed by atoms with Crippen molar-refractivity contribution in [2.75, 3.05) is 26.4 Å². The summed E-state index contributed by atoms with van der Waals surface area (Å²) in [5.74, 6) is 0.0805. The Labute approximate surface area is 136 Å². The number of aryl methyl sites for hydroxylation is 1. The van der Waals surface area contributed by atoms with E-state index in [0.29, 0.717) is 12.3 Å². The number of hydrogen-bond donors (Lipinski definition) is 1. The van der Waals surface area contributed by atoms with Crippen molar-refractivity contribution in [1.82, 2.24) is 25.3 Å². The van der Waals surface area contributed by atoms with Crippen molar-refractivity contribution in [3.63, 3.8) is 0 Å². The summed E-state index contributed by atoms with van der Waals surface area (Å²) in [6, 6.07) is -1.10. The first kappa shape index (κ1) is 16.7. The van der Waals surface area contributed by atoms with Crippen molar-refractivity contribution in [1.29, 1.82) is 0 Å². The number of nitrogens with zero attached hydrogens (tertiary/aromatic N) is 4. The fourth-order valence-corrected chi connectivity index (χ4v) is 3.73. The van der Waals surface area contributed by atoms with Gasteiger partial charge in [0, 0.05) is 26.4 Å². The van der Waals surface area contributed by atoms with Gasteiger partial charge < -0.3 is 10.2 Å². The van der Waals surface area contributed by atoms with Crippen LogP contribution in [0.3, 0.4) is 0 Å². The van der Waals surface area contributed by atoms with Crippen molar-refractivity contribution >= 4 is 40.9 Å². The fraction of sp³-hybridized carbons (Fsp3) is 0.583. The molecule has 1 atom stereocenters. The molecule has 4 amide bonds. The van der Waals surface area contributed by atoms with Gasteiger partial charge in [-0.3, -0.25) is 14.5 Å². The van der Waals surface area contributed by atoms with E-state index in [1.54, 1.807) is 0 Å². The quantitative estimate of drug-likeness (QED) is 0.454. The molecule has 1 aromatic heterocycles. The molecule has 10 heteroatoms. The van der Waals surface area contributed by atoms with Crippen LogP contribution in [-0.4, -0.2) is 70.3 Å². The Morgan fingerprint density at radius 2 is 2.09 bits per heavy atom. The van der Waals surface area contributed by atoms with E-state index in [4.69, 9.17) is 0 Å². The van der Waals surface area contributed by atoms with Crippen LogP contribution in [0.15, 0.2) is 4.34 Å². The number of likely N-dealkylation sites (N-methyl/N-ethyl adjacent to an activating group) is 2. The summed E-state index contributed by atoms with van der Waals surface area (Å²) in [4.78, 5) is 37.6. The SMILES string of the molecule is Cc1nnc(SCCNC(=O)C[C@H]2C(=O)N(C)C(=O)N2C)s1. The standard InChI is InChI=1S/C12H17N5O3S2/c1-7-14-15-11(22-7)21-5-4-13-9(18)6-8-10(19)17(3)12(20)16(8)2/h8H,4-6H2,1-3H3,(H,13,18)/t8-/m0/s1. The van der Waals surface area contributed by atoms with Crippen LogP contribution in [0.1, 0.15) is 11.4 Å². The Hall–Kier alpha value is -1.68. The van der Waals surface area contributed by atoms with Crippen LogP contribution in [-0.2, 0) is 9.59 Å². The second-order valence-electron chi connectivity index (χ2n) is 4.80. The molecular weight excluding hydrogens is 326 g/mol. The molecule has 120 valence electrons. The number of urea groups is 1. The summed E-state index contributed by atoms with van der Waals surface area (Å²) in [6.45, 7) is 2.35. The van der Waals surface area contributed by atoms with Gasteiger partial charge in [0.2, 0.25) is 5.91 Å². The minimum absolute atomic E-state index is 0.0198. The first-order chi connectivity index (χ1) is 10.4. The van der Waals surface area contributed by atoms with Crippen molar-refractivity contribution in [3.8, 4) is 0 Å². The van der Waals surface area contributed by atoms with E-state index >= 15 is 0 Å². The number of hydrogen-bond acceptors (Lipinski definition) is 7. The zero-order chi connectivity index (χ0) is 16.3. The third-order valence-corrected chi connectivity index (χ3v) is 5.18. The molecule has 1 aliphatic heterocycles. The zero-order valence-electron chi connectivity index (χ0n) is 12.5. The maximum atomic E-state index is 11.9. The second kappa shape index (κ2) is 7.05. The summed E-state index contributed by atoms with van der Waals surface area (Å²) >= 11 is 3.03. The van der Waals surface area contributed by atoms with Crippen molar-refractivity contribution in [3.05, 3.63) is 5.01 Å². The molecule has 2 heterocycles. The Kier molecular flexibility index (Phi) is 5.35. The molecular formula is C12H17N5O3S2. The minimum atomic E-state index is -0.712. The predicted molar refractivity (Wildman–Crippen MR) is 82.7 cm³/mol. The van der Waals surface area contributed by atoms with Gasteiger partial charge in [0.05, 0.1) is 6.42 Å². The largest absolute Gasteiger partial charge is 0.355 e. The van der Waals surface area contributed by atoms with Crippen molar-refractivity contribution in [2.24, 2.45) is 0 Å². The number of carbonyl (C=O) groups excluding carboxylic acids is 3. The van der Waals surface area contributed by atoms with Gasteiger partial charge in [0.25, 0.3) is 5.91 Å². The Bertz CT molecular complexity index is 591. The van der Waals surface area contributed by atoms with Gasteiger partial charge in [-0.05, 0) is 6.92 Å². The molecule has 1 N–H and O–H groups in total. The number of nitrogens with one attached hydrogen (secondary N) is 1. The highest BCUT2D eigenvalue weighted by molar-refractivity contribution is 8.01. The second-order valence-corrected chi connectivity index (χ2v) is 7.32. The number of carbonyl (C=O) groups is 3. The molecule has 0 radical (unpaired) electrons. The summed E-state index contributed by atoms with van der Waals surface area (Å²) in [5.41, 5.74) is 0. The molecule has 0 unspecified atom stereocenters. The summed E-state index contributed by atoms with van der Waals surface area (Å²) < 4.78 is 0.865. The summed E-state index contributed by atoms with van der Waals surface area (Å²) in [7, 11) is 2.94. The third kappa shape index (κ3) is 3.74. The number of thioether (sulfide) groups is 1. The zero-order valence-corrected chi connectivity index (χ0v) is 14.2. The van der Waals surface area contributed by atoms with Gasteiger partial charge in [0.1, 0.15) is 11.0 Å². The molecule has 22 heavy (non-hydrogen) atoms. The van der Waals surface area contributed by atoms with Gasteiger partial charge in [-0.1, -0.05) is 23.1 Å². The van der Waals surface area contributed by atoms with E-state index in [0.717, 1.165) is 14.2 Å². The number of aromatic nitrogens is 2. The lowest BCUT2D eigenvalue weighted by Gasteiger charge is -2.15. The molecule has 1 fully saturated rings. The molecule has 0 bridgehead atoms. The van der Waals surface area contributed by atoms with E-state index < -0.39 is 6.04 Å². The lowest BCUT2D eigenvalue weighted by Crippen LogP contribution is -2.38. The van der Waals surface area contributed by atoms with Gasteiger partial charge in [-0.2, -0.15) is 0 Å². The first-order valence-corrected chi connectivity index (χ1v) is 8.44. The normalized spacial score (nSPS) is 18.2. The van der Waals surface area contributed by atoms with Crippen LogP contribution in [0, 0.1) is 6.92 Å². The van der Waals surface area contributed by atoms with Crippen molar-refractivity contribution < 1.29 is 14.4 Å². The Morgan fingerprint density at radius 1 is 1.36 bits per heavy atom. The van der Waals surface area contributed by atoms with E-state index in [1.807, 2.05) is 6.92 Å². The van der Waals surface area contributed by atoms with E-state index in [2.05, 4.69) is 15.5 Å². The average Bonchev–Trinajstić information content (AvgIpc) is 2.97.